The zero-order valence-electron chi connectivity index (χ0n) is 12.6. The molecule has 2 rings (SSSR count). The van der Waals surface area contributed by atoms with Crippen LogP contribution in [0.2, 0.25) is 5.02 Å². The molecule has 0 saturated carbocycles. The summed E-state index contributed by atoms with van der Waals surface area (Å²) in [6.07, 6.45) is 0. The van der Waals surface area contributed by atoms with Crippen molar-refractivity contribution in [3.05, 3.63) is 64.7 Å². The number of ether oxygens (including phenoxy) is 1. The van der Waals surface area contributed by atoms with Crippen LogP contribution in [-0.4, -0.2) is 32.0 Å². The van der Waals surface area contributed by atoms with Gasteiger partial charge in [-0.05, 0) is 36.4 Å². The van der Waals surface area contributed by atoms with Gasteiger partial charge in [-0.25, -0.2) is 0 Å². The van der Waals surface area contributed by atoms with Crippen LogP contribution in [0, 0.1) is 0 Å². The topological polar surface area (TPSA) is 67.4 Å². The van der Waals surface area contributed by atoms with Crippen molar-refractivity contribution in [3.8, 4) is 5.75 Å². The van der Waals surface area contributed by atoms with E-state index in [-0.39, 0.29) is 11.8 Å². The summed E-state index contributed by atoms with van der Waals surface area (Å²) in [5.74, 6) is 0.0478. The molecule has 2 aromatic carbocycles. The van der Waals surface area contributed by atoms with Crippen LogP contribution < -0.4 is 15.4 Å². The van der Waals surface area contributed by atoms with Gasteiger partial charge in [0.25, 0.3) is 11.8 Å². The lowest BCUT2D eigenvalue weighted by atomic mass is 10.2. The Kier molecular flexibility index (Phi) is 6.00. The van der Waals surface area contributed by atoms with Gasteiger partial charge < -0.3 is 15.4 Å². The third kappa shape index (κ3) is 4.72. The minimum atomic E-state index is -0.247. The second kappa shape index (κ2) is 8.19. The molecule has 0 saturated heterocycles. The molecule has 0 spiro atoms. The summed E-state index contributed by atoms with van der Waals surface area (Å²) in [7, 11) is 1.51. The second-order valence-corrected chi connectivity index (χ2v) is 5.16. The number of rotatable bonds is 6. The average molecular weight is 333 g/mol. The van der Waals surface area contributed by atoms with E-state index in [1.807, 2.05) is 0 Å². The van der Waals surface area contributed by atoms with Crippen molar-refractivity contribution in [3.63, 3.8) is 0 Å². The van der Waals surface area contributed by atoms with E-state index in [0.717, 1.165) is 0 Å². The van der Waals surface area contributed by atoms with Gasteiger partial charge in [0.2, 0.25) is 0 Å². The van der Waals surface area contributed by atoms with Gasteiger partial charge in [0.05, 0.1) is 12.7 Å². The smallest absolute Gasteiger partial charge is 0.255 e. The Morgan fingerprint density at radius 2 is 1.57 bits per heavy atom. The number of nitrogens with one attached hydrogen (secondary N) is 2. The molecule has 120 valence electrons. The number of hydrogen-bond acceptors (Lipinski definition) is 3. The Labute approximate surface area is 139 Å². The number of amides is 2. The highest BCUT2D eigenvalue weighted by Crippen LogP contribution is 2.16. The van der Waals surface area contributed by atoms with E-state index in [2.05, 4.69) is 10.6 Å². The van der Waals surface area contributed by atoms with Crippen LogP contribution in [0.25, 0.3) is 0 Å². The molecule has 23 heavy (non-hydrogen) atoms. The van der Waals surface area contributed by atoms with Gasteiger partial charge in [-0.15, -0.1) is 0 Å². The molecule has 2 N–H and O–H groups in total. The number of para-hydroxylation sites is 1. The maximum atomic E-state index is 12.1. The van der Waals surface area contributed by atoms with Crippen molar-refractivity contribution in [1.29, 1.82) is 0 Å². The second-order valence-electron chi connectivity index (χ2n) is 4.72. The van der Waals surface area contributed by atoms with E-state index in [1.54, 1.807) is 48.5 Å². The van der Waals surface area contributed by atoms with E-state index in [4.69, 9.17) is 16.3 Å². The van der Waals surface area contributed by atoms with Crippen LogP contribution in [0.15, 0.2) is 48.5 Å². The summed E-state index contributed by atoms with van der Waals surface area (Å²) in [5.41, 5.74) is 0.976. The number of hydrogen-bond donors (Lipinski definition) is 2. The fourth-order valence-electron chi connectivity index (χ4n) is 1.98. The van der Waals surface area contributed by atoms with Crippen molar-refractivity contribution in [2.24, 2.45) is 0 Å². The number of halogens is 1. The zero-order chi connectivity index (χ0) is 16.7. The molecular formula is C17H17ClN2O3. The largest absolute Gasteiger partial charge is 0.496 e. The first-order valence-electron chi connectivity index (χ1n) is 7.07. The molecular weight excluding hydrogens is 316 g/mol. The van der Waals surface area contributed by atoms with E-state index in [1.165, 1.54) is 7.11 Å². The molecule has 0 atom stereocenters. The van der Waals surface area contributed by atoms with E-state index < -0.39 is 0 Å². The summed E-state index contributed by atoms with van der Waals surface area (Å²) >= 11 is 5.77. The van der Waals surface area contributed by atoms with Gasteiger partial charge in [0.1, 0.15) is 5.75 Å². The lowest BCUT2D eigenvalue weighted by Gasteiger charge is -2.10. The van der Waals surface area contributed by atoms with E-state index >= 15 is 0 Å². The maximum Gasteiger partial charge on any atom is 0.255 e. The maximum absolute atomic E-state index is 12.1. The Bertz CT molecular complexity index is 686. The molecule has 0 aromatic heterocycles. The summed E-state index contributed by atoms with van der Waals surface area (Å²) in [6, 6.07) is 13.6. The molecule has 5 nitrogen and oxygen atoms in total. The highest BCUT2D eigenvalue weighted by Gasteiger charge is 2.10. The molecule has 0 aliphatic carbocycles. The molecule has 0 heterocycles. The number of carbonyl (C=O) groups excluding carboxylic acids is 2. The zero-order valence-corrected chi connectivity index (χ0v) is 13.4. The first-order chi connectivity index (χ1) is 11.1. The lowest BCUT2D eigenvalue weighted by molar-refractivity contribution is 0.0926. The summed E-state index contributed by atoms with van der Waals surface area (Å²) in [4.78, 5) is 23.9. The van der Waals surface area contributed by atoms with E-state index in [0.29, 0.717) is 35.0 Å². The molecule has 0 aliphatic rings. The average Bonchev–Trinajstić information content (AvgIpc) is 2.58. The van der Waals surface area contributed by atoms with Crippen LogP contribution in [0.1, 0.15) is 20.7 Å². The Balaban J connectivity index is 1.80. The third-order valence-corrected chi connectivity index (χ3v) is 3.41. The van der Waals surface area contributed by atoms with Gasteiger partial charge in [-0.3, -0.25) is 9.59 Å². The quantitative estimate of drug-likeness (QED) is 0.799. The van der Waals surface area contributed by atoms with Gasteiger partial charge >= 0.3 is 0 Å². The number of methoxy groups -OCH3 is 1. The molecule has 0 unspecified atom stereocenters. The lowest BCUT2D eigenvalue weighted by Crippen LogP contribution is -2.34. The molecule has 0 bridgehead atoms. The van der Waals surface area contributed by atoms with Crippen molar-refractivity contribution < 1.29 is 14.3 Å². The normalized spacial score (nSPS) is 10.0. The standard InChI is InChI=1S/C17H17ClN2O3/c1-23-15-5-3-2-4-14(15)17(22)20-11-10-19-16(21)12-6-8-13(18)9-7-12/h2-9H,10-11H2,1H3,(H,19,21)(H,20,22). The van der Waals surface area contributed by atoms with Crippen molar-refractivity contribution in [2.45, 2.75) is 0 Å². The molecule has 2 amide bonds. The predicted molar refractivity (Wildman–Crippen MR) is 89.1 cm³/mol. The molecule has 6 heteroatoms. The minimum Gasteiger partial charge on any atom is -0.496 e. The van der Waals surface area contributed by atoms with Crippen molar-refractivity contribution in [1.82, 2.24) is 10.6 Å². The molecule has 0 radical (unpaired) electrons. The van der Waals surface area contributed by atoms with Gasteiger partial charge in [-0.1, -0.05) is 23.7 Å². The van der Waals surface area contributed by atoms with Crippen LogP contribution in [0.5, 0.6) is 5.75 Å². The van der Waals surface area contributed by atoms with Gasteiger partial charge in [0.15, 0.2) is 0 Å². The Hall–Kier alpha value is -2.53. The predicted octanol–water partition coefficient (Wildman–Crippen LogP) is 2.51. The van der Waals surface area contributed by atoms with Crippen LogP contribution in [0.4, 0.5) is 0 Å². The van der Waals surface area contributed by atoms with Crippen LogP contribution >= 0.6 is 11.6 Å². The fourth-order valence-corrected chi connectivity index (χ4v) is 2.11. The van der Waals surface area contributed by atoms with Crippen LogP contribution in [0.3, 0.4) is 0 Å². The molecule has 0 fully saturated rings. The SMILES string of the molecule is COc1ccccc1C(=O)NCCNC(=O)c1ccc(Cl)cc1. The van der Waals surface area contributed by atoms with Crippen LogP contribution in [-0.2, 0) is 0 Å². The van der Waals surface area contributed by atoms with Crippen molar-refractivity contribution in [2.75, 3.05) is 20.2 Å². The first kappa shape index (κ1) is 16.8. The highest BCUT2D eigenvalue weighted by molar-refractivity contribution is 6.30. The van der Waals surface area contributed by atoms with Gasteiger partial charge in [0, 0.05) is 23.7 Å². The molecule has 2 aromatic rings. The van der Waals surface area contributed by atoms with E-state index in [9.17, 15) is 9.59 Å². The van der Waals surface area contributed by atoms with Gasteiger partial charge in [-0.2, -0.15) is 0 Å². The number of carbonyl (C=O) groups is 2. The summed E-state index contributed by atoms with van der Waals surface area (Å²) in [6.45, 7) is 0.637. The summed E-state index contributed by atoms with van der Waals surface area (Å²) < 4.78 is 5.14. The fraction of sp³-hybridized carbons (Fsp3) is 0.176. The number of benzene rings is 2. The molecule has 0 aliphatic heterocycles. The first-order valence-corrected chi connectivity index (χ1v) is 7.44. The Morgan fingerprint density at radius 1 is 0.957 bits per heavy atom. The minimum absolute atomic E-state index is 0.215. The highest BCUT2D eigenvalue weighted by atomic mass is 35.5. The van der Waals surface area contributed by atoms with Crippen molar-refractivity contribution >= 4 is 23.4 Å². The monoisotopic (exact) mass is 332 g/mol. The Morgan fingerprint density at radius 3 is 2.22 bits per heavy atom. The summed E-state index contributed by atoms with van der Waals surface area (Å²) in [5, 5.41) is 6.04. The third-order valence-electron chi connectivity index (χ3n) is 3.15.